The van der Waals surface area contributed by atoms with E-state index in [-0.39, 0.29) is 31.1 Å². The normalized spacial score (nSPS) is 12.8. The molecule has 6 nitrogen and oxygen atoms in total. The van der Waals surface area contributed by atoms with E-state index in [2.05, 4.69) is 130 Å². The molecule has 0 aromatic rings. The molecule has 1 unspecified atom stereocenters. The van der Waals surface area contributed by atoms with Gasteiger partial charge in [-0.05, 0) is 103 Å². The van der Waals surface area contributed by atoms with E-state index in [0.717, 1.165) is 135 Å². The van der Waals surface area contributed by atoms with Crippen molar-refractivity contribution in [3.05, 3.63) is 109 Å². The van der Waals surface area contributed by atoms with Gasteiger partial charge in [0.15, 0.2) is 6.10 Å². The highest BCUT2D eigenvalue weighted by Crippen LogP contribution is 2.17. The second kappa shape index (κ2) is 66.6. The summed E-state index contributed by atoms with van der Waals surface area (Å²) in [5.74, 6) is -0.900. The largest absolute Gasteiger partial charge is 0.462 e. The Bertz CT molecular complexity index is 1590. The van der Waals surface area contributed by atoms with E-state index >= 15 is 0 Å². The number of hydrogen-bond donors (Lipinski definition) is 0. The number of rotatable bonds is 60. The predicted molar refractivity (Wildman–Crippen MR) is 343 cm³/mol. The van der Waals surface area contributed by atoms with Crippen LogP contribution in [0.1, 0.15) is 316 Å². The lowest BCUT2D eigenvalue weighted by Gasteiger charge is -2.18. The van der Waals surface area contributed by atoms with Crippen molar-refractivity contribution in [2.75, 3.05) is 13.2 Å². The maximum absolute atomic E-state index is 12.9. The lowest BCUT2D eigenvalue weighted by Crippen LogP contribution is -2.30. The summed E-state index contributed by atoms with van der Waals surface area (Å²) in [6, 6.07) is 0. The summed E-state index contributed by atoms with van der Waals surface area (Å²) in [6.45, 7) is 6.47. The maximum atomic E-state index is 12.9. The van der Waals surface area contributed by atoms with Crippen molar-refractivity contribution >= 4 is 17.9 Å². The van der Waals surface area contributed by atoms with Gasteiger partial charge in [0, 0.05) is 19.3 Å². The van der Waals surface area contributed by atoms with Crippen molar-refractivity contribution in [2.24, 2.45) is 0 Å². The Balaban J connectivity index is 4.26. The number of allylic oxidation sites excluding steroid dienone is 18. The minimum atomic E-state index is -0.787. The highest BCUT2D eigenvalue weighted by Gasteiger charge is 2.19. The zero-order valence-electron chi connectivity index (χ0n) is 51.9. The molecule has 0 radical (unpaired) electrons. The predicted octanol–water partition coefficient (Wildman–Crippen LogP) is 23.0. The SMILES string of the molecule is CC/C=C\C/C=C\C/C=C\C/C=C\C/C=C\C/C=C\C/C=C\C/C=C\CCCCCCCCC(=O)OCC(COC(=O)CCCCCCC/C=C\CCC)OC(=O)CCCCCCCCCCCCCCCCCCCCCC. The lowest BCUT2D eigenvalue weighted by atomic mass is 10.0. The molecule has 0 spiro atoms. The van der Waals surface area contributed by atoms with Gasteiger partial charge in [0.05, 0.1) is 0 Å². The van der Waals surface area contributed by atoms with Gasteiger partial charge in [-0.2, -0.15) is 0 Å². The van der Waals surface area contributed by atoms with E-state index in [1.54, 1.807) is 0 Å². The first-order valence-corrected chi connectivity index (χ1v) is 33.4. The molecule has 0 heterocycles. The summed E-state index contributed by atoms with van der Waals surface area (Å²) in [7, 11) is 0. The van der Waals surface area contributed by atoms with Gasteiger partial charge in [0.25, 0.3) is 0 Å². The molecule has 0 bridgehead atoms. The molecule has 0 aliphatic rings. The van der Waals surface area contributed by atoms with E-state index in [1.807, 2.05) is 0 Å². The molecule has 452 valence electrons. The van der Waals surface area contributed by atoms with Crippen molar-refractivity contribution in [3.63, 3.8) is 0 Å². The maximum Gasteiger partial charge on any atom is 0.306 e. The Kier molecular flexibility index (Phi) is 63.3. The number of carbonyl (C=O) groups is 3. The van der Waals surface area contributed by atoms with Crippen molar-refractivity contribution in [1.82, 2.24) is 0 Å². The van der Waals surface area contributed by atoms with Gasteiger partial charge in [-0.1, -0.05) is 304 Å². The molecule has 0 aromatic heterocycles. The molecule has 0 rings (SSSR count). The molecular weight excluding hydrogens is 973 g/mol. The third-order valence-electron chi connectivity index (χ3n) is 14.2. The Hall–Kier alpha value is -3.93. The molecule has 0 saturated carbocycles. The summed E-state index contributed by atoms with van der Waals surface area (Å²) in [5, 5.41) is 0. The van der Waals surface area contributed by atoms with E-state index in [0.29, 0.717) is 19.3 Å². The van der Waals surface area contributed by atoms with Gasteiger partial charge in [0.2, 0.25) is 0 Å². The fourth-order valence-corrected chi connectivity index (χ4v) is 9.29. The quantitative estimate of drug-likeness (QED) is 0.0261. The minimum Gasteiger partial charge on any atom is -0.462 e. The van der Waals surface area contributed by atoms with Crippen molar-refractivity contribution in [1.29, 1.82) is 0 Å². The van der Waals surface area contributed by atoms with Gasteiger partial charge >= 0.3 is 17.9 Å². The monoisotopic (exact) mass is 1100 g/mol. The van der Waals surface area contributed by atoms with E-state index in [1.165, 1.54) is 141 Å². The number of esters is 3. The molecule has 0 aliphatic heterocycles. The summed E-state index contributed by atoms with van der Waals surface area (Å²) in [5.41, 5.74) is 0. The molecule has 79 heavy (non-hydrogen) atoms. The summed E-state index contributed by atoms with van der Waals surface area (Å²) in [4.78, 5) is 38.3. The van der Waals surface area contributed by atoms with E-state index in [4.69, 9.17) is 14.2 Å². The zero-order chi connectivity index (χ0) is 57.1. The fourth-order valence-electron chi connectivity index (χ4n) is 9.29. The molecule has 0 saturated heterocycles. The van der Waals surface area contributed by atoms with E-state index < -0.39 is 6.10 Å². The van der Waals surface area contributed by atoms with Crippen LogP contribution in [0.25, 0.3) is 0 Å². The fraction of sp³-hybridized carbons (Fsp3) is 0.712. The third-order valence-corrected chi connectivity index (χ3v) is 14.2. The third kappa shape index (κ3) is 64.8. The molecule has 0 aliphatic carbocycles. The van der Waals surface area contributed by atoms with Gasteiger partial charge in [-0.3, -0.25) is 14.4 Å². The van der Waals surface area contributed by atoms with Crippen LogP contribution < -0.4 is 0 Å². The van der Waals surface area contributed by atoms with Crippen LogP contribution in [0.2, 0.25) is 0 Å². The average Bonchev–Trinajstić information content (AvgIpc) is 3.45. The van der Waals surface area contributed by atoms with Crippen molar-refractivity contribution in [2.45, 2.75) is 322 Å². The van der Waals surface area contributed by atoms with Crippen LogP contribution in [-0.4, -0.2) is 37.2 Å². The Morgan fingerprint density at radius 3 is 0.835 bits per heavy atom. The number of ether oxygens (including phenoxy) is 3. The van der Waals surface area contributed by atoms with Gasteiger partial charge in [-0.15, -0.1) is 0 Å². The molecule has 1 atom stereocenters. The first-order chi connectivity index (χ1) is 39.0. The summed E-state index contributed by atoms with van der Waals surface area (Å²) < 4.78 is 16.9. The molecule has 0 fully saturated rings. The van der Waals surface area contributed by atoms with Crippen LogP contribution in [-0.2, 0) is 28.6 Å². The van der Waals surface area contributed by atoms with Crippen LogP contribution in [0.3, 0.4) is 0 Å². The Labute approximate surface area is 489 Å². The molecule has 0 aromatic carbocycles. The highest BCUT2D eigenvalue weighted by atomic mass is 16.6. The second-order valence-corrected chi connectivity index (χ2v) is 22.0. The molecular formula is C73H124O6. The van der Waals surface area contributed by atoms with Crippen molar-refractivity contribution in [3.8, 4) is 0 Å². The minimum absolute atomic E-state index is 0.0852. The summed E-state index contributed by atoms with van der Waals surface area (Å²) >= 11 is 0. The number of carbonyl (C=O) groups excluding carboxylic acids is 3. The average molecular weight is 1100 g/mol. The zero-order valence-corrected chi connectivity index (χ0v) is 51.9. The molecule has 0 N–H and O–H groups in total. The first-order valence-electron chi connectivity index (χ1n) is 33.4. The van der Waals surface area contributed by atoms with Crippen LogP contribution >= 0.6 is 0 Å². The van der Waals surface area contributed by atoms with Crippen LogP contribution in [0.15, 0.2) is 109 Å². The lowest BCUT2D eigenvalue weighted by molar-refractivity contribution is -0.167. The number of hydrogen-bond acceptors (Lipinski definition) is 6. The second-order valence-electron chi connectivity index (χ2n) is 22.0. The number of unbranched alkanes of at least 4 members (excludes halogenated alkanes) is 31. The Morgan fingerprint density at radius 1 is 0.266 bits per heavy atom. The van der Waals surface area contributed by atoms with Gasteiger partial charge in [0.1, 0.15) is 13.2 Å². The standard InChI is InChI=1S/C73H124O6/c1-4-7-10-13-16-19-22-24-26-28-30-32-33-34-35-36-37-38-39-40-41-42-44-45-47-49-51-54-57-60-63-66-72(75)78-69-70(68-77-71(74)65-62-59-56-53-21-18-15-12-9-6-3)79-73(76)67-64-61-58-55-52-50-48-46-43-31-29-27-25-23-20-17-14-11-8-5-2/h7,10,12,15-16,19,24,26,30,32,34-35,37-38,40-41,44-45,70H,4-6,8-9,11,13-14,17-18,20-23,25,27-29,31,33,36,39,42-43,46-69H2,1-3H3/b10-7-,15-12-,19-16-,26-24-,32-30-,35-34-,38-37-,41-40-,45-44-. The van der Waals surface area contributed by atoms with Crippen LogP contribution in [0.5, 0.6) is 0 Å². The Morgan fingerprint density at radius 2 is 0.519 bits per heavy atom. The van der Waals surface area contributed by atoms with Gasteiger partial charge < -0.3 is 14.2 Å². The molecule has 6 heteroatoms. The van der Waals surface area contributed by atoms with E-state index in [9.17, 15) is 14.4 Å². The highest BCUT2D eigenvalue weighted by molar-refractivity contribution is 5.71. The smallest absolute Gasteiger partial charge is 0.306 e. The molecule has 0 amide bonds. The van der Waals surface area contributed by atoms with Crippen molar-refractivity contribution < 1.29 is 28.6 Å². The summed E-state index contributed by atoms with van der Waals surface area (Å²) in [6.07, 6.45) is 91.1. The van der Waals surface area contributed by atoms with Crippen LogP contribution in [0, 0.1) is 0 Å². The first kappa shape index (κ1) is 75.1. The topological polar surface area (TPSA) is 78.9 Å². The van der Waals surface area contributed by atoms with Gasteiger partial charge in [-0.25, -0.2) is 0 Å². The van der Waals surface area contributed by atoms with Crippen LogP contribution in [0.4, 0.5) is 0 Å².